The summed E-state index contributed by atoms with van der Waals surface area (Å²) in [5.41, 5.74) is 5.81. The summed E-state index contributed by atoms with van der Waals surface area (Å²) in [6, 6.07) is 8.02. The average Bonchev–Trinajstić information content (AvgIpc) is 2.99. The van der Waals surface area contributed by atoms with Crippen LogP contribution in [0.15, 0.2) is 43.9 Å². The molecule has 0 unspecified atom stereocenters. The molecule has 0 fully saturated rings. The second kappa shape index (κ2) is 5.36. The van der Waals surface area contributed by atoms with Gasteiger partial charge in [-0.05, 0) is 51.0 Å². The van der Waals surface area contributed by atoms with E-state index in [0.29, 0.717) is 9.81 Å². The summed E-state index contributed by atoms with van der Waals surface area (Å²) in [5, 5.41) is 0. The van der Waals surface area contributed by atoms with Gasteiger partial charge in [0.05, 0.1) is 9.81 Å². The number of rotatable bonds is 0. The lowest BCUT2D eigenvalue weighted by Gasteiger charge is -2.02. The molecule has 2 nitrogen and oxygen atoms in total. The third kappa shape index (κ3) is 2.20. The molecule has 0 radical (unpaired) electrons. The van der Waals surface area contributed by atoms with Gasteiger partial charge >= 0.3 is 0 Å². The molecule has 0 N–H and O–H groups in total. The number of Topliss-reactive ketones (excluding diaryl/α,β-unsaturated/α-hetero) is 2. The molecule has 4 heteroatoms. The van der Waals surface area contributed by atoms with E-state index >= 15 is 0 Å². The van der Waals surface area contributed by atoms with E-state index in [9.17, 15) is 9.59 Å². The molecule has 0 aliphatic carbocycles. The van der Waals surface area contributed by atoms with Crippen LogP contribution < -0.4 is 0 Å². The summed E-state index contributed by atoms with van der Waals surface area (Å²) in [7, 11) is 0. The summed E-state index contributed by atoms with van der Waals surface area (Å²) in [6.07, 6.45) is 0. The van der Waals surface area contributed by atoms with Crippen molar-refractivity contribution in [3.05, 3.63) is 67.5 Å². The molecule has 2 heterocycles. The van der Waals surface area contributed by atoms with Crippen LogP contribution in [0, 0.1) is 27.7 Å². The lowest BCUT2D eigenvalue weighted by atomic mass is 10.0. The average molecular weight is 352 g/mol. The van der Waals surface area contributed by atoms with Crippen LogP contribution in [0.2, 0.25) is 0 Å². The van der Waals surface area contributed by atoms with Crippen molar-refractivity contribution >= 4 is 35.1 Å². The Morgan fingerprint density at radius 3 is 1.38 bits per heavy atom. The normalized spacial score (nSPS) is 19.0. The molecule has 0 saturated carbocycles. The van der Waals surface area contributed by atoms with Gasteiger partial charge < -0.3 is 0 Å². The minimum Gasteiger partial charge on any atom is -0.288 e. The molecule has 24 heavy (non-hydrogen) atoms. The van der Waals surface area contributed by atoms with Crippen LogP contribution >= 0.6 is 23.5 Å². The molecule has 2 aromatic rings. The molecule has 0 saturated heterocycles. The zero-order valence-corrected chi connectivity index (χ0v) is 15.6. The SMILES string of the molecule is Cc1cc(C)c2c(c1)C(=O)C(=C1Sc3c(C)cc(C)cc3C1=O)S2. The Labute approximate surface area is 149 Å². The van der Waals surface area contributed by atoms with Gasteiger partial charge in [0.2, 0.25) is 11.6 Å². The molecule has 2 aliphatic rings. The van der Waals surface area contributed by atoms with E-state index in [4.69, 9.17) is 0 Å². The minimum atomic E-state index is -0.0140. The summed E-state index contributed by atoms with van der Waals surface area (Å²) in [4.78, 5) is 28.9. The second-order valence-electron chi connectivity index (χ2n) is 6.44. The molecule has 2 aliphatic heterocycles. The number of carbonyl (C=O) groups is 2. The van der Waals surface area contributed by atoms with Crippen molar-refractivity contribution in [2.75, 3.05) is 0 Å². The van der Waals surface area contributed by atoms with Crippen molar-refractivity contribution < 1.29 is 9.59 Å². The zero-order valence-electron chi connectivity index (χ0n) is 13.9. The van der Waals surface area contributed by atoms with Crippen molar-refractivity contribution in [3.63, 3.8) is 0 Å². The predicted octanol–water partition coefficient (Wildman–Crippen LogP) is 5.41. The first-order valence-electron chi connectivity index (χ1n) is 7.78. The van der Waals surface area contributed by atoms with Crippen LogP contribution in [0.4, 0.5) is 0 Å². The smallest absolute Gasteiger partial charge is 0.202 e. The number of benzene rings is 2. The number of thioether (sulfide) groups is 2. The van der Waals surface area contributed by atoms with Gasteiger partial charge in [-0.2, -0.15) is 0 Å². The number of hydrogen-bond acceptors (Lipinski definition) is 4. The van der Waals surface area contributed by atoms with E-state index in [-0.39, 0.29) is 11.6 Å². The van der Waals surface area contributed by atoms with Crippen LogP contribution in [-0.2, 0) is 0 Å². The van der Waals surface area contributed by atoms with Crippen molar-refractivity contribution in [1.29, 1.82) is 0 Å². The Morgan fingerprint density at radius 2 is 1.00 bits per heavy atom. The summed E-state index contributed by atoms with van der Waals surface area (Å²) < 4.78 is 0. The molecule has 0 bridgehead atoms. The van der Waals surface area contributed by atoms with Crippen molar-refractivity contribution in [2.45, 2.75) is 37.5 Å². The largest absolute Gasteiger partial charge is 0.288 e. The number of fused-ring (bicyclic) bond motifs is 2. The van der Waals surface area contributed by atoms with Crippen LogP contribution in [0.5, 0.6) is 0 Å². The summed E-state index contributed by atoms with van der Waals surface area (Å²) >= 11 is 2.90. The zero-order chi connectivity index (χ0) is 17.2. The lowest BCUT2D eigenvalue weighted by molar-refractivity contribution is 0.101. The van der Waals surface area contributed by atoms with Crippen molar-refractivity contribution in [3.8, 4) is 0 Å². The van der Waals surface area contributed by atoms with Gasteiger partial charge in [0.1, 0.15) is 0 Å². The molecule has 120 valence electrons. The Kier molecular flexibility index (Phi) is 3.52. The number of ketones is 2. The third-order valence-corrected chi connectivity index (χ3v) is 7.16. The van der Waals surface area contributed by atoms with Crippen LogP contribution in [0.3, 0.4) is 0 Å². The maximum atomic E-state index is 12.9. The Morgan fingerprint density at radius 1 is 0.625 bits per heavy atom. The molecule has 0 atom stereocenters. The molecule has 2 aromatic carbocycles. The second-order valence-corrected chi connectivity index (χ2v) is 8.48. The van der Waals surface area contributed by atoms with Crippen molar-refractivity contribution in [1.82, 2.24) is 0 Å². The van der Waals surface area contributed by atoms with Gasteiger partial charge in [0.25, 0.3) is 0 Å². The predicted molar refractivity (Wildman–Crippen MR) is 99.2 cm³/mol. The topological polar surface area (TPSA) is 34.1 Å². The molecule has 0 amide bonds. The quantitative estimate of drug-likeness (QED) is 0.594. The Hall–Kier alpha value is -1.78. The van der Waals surface area contributed by atoms with E-state index in [1.807, 2.05) is 39.8 Å². The molecule has 4 rings (SSSR count). The summed E-state index contributed by atoms with van der Waals surface area (Å²) in [5.74, 6) is -0.0281. The van der Waals surface area contributed by atoms with Gasteiger partial charge in [-0.3, -0.25) is 9.59 Å². The van der Waals surface area contributed by atoms with Crippen LogP contribution in [0.25, 0.3) is 0 Å². The Balaban J connectivity index is 1.86. The van der Waals surface area contributed by atoms with E-state index in [0.717, 1.165) is 43.2 Å². The van der Waals surface area contributed by atoms with Gasteiger partial charge in [-0.25, -0.2) is 0 Å². The van der Waals surface area contributed by atoms with Crippen LogP contribution in [-0.4, -0.2) is 11.6 Å². The van der Waals surface area contributed by atoms with E-state index in [1.165, 1.54) is 23.5 Å². The van der Waals surface area contributed by atoms with Gasteiger partial charge in [-0.1, -0.05) is 46.8 Å². The third-order valence-electron chi connectivity index (χ3n) is 4.35. The highest BCUT2D eigenvalue weighted by Gasteiger charge is 2.37. The molecular weight excluding hydrogens is 336 g/mol. The summed E-state index contributed by atoms with van der Waals surface area (Å²) in [6.45, 7) is 8.03. The molecule has 0 spiro atoms. The molecule has 0 aromatic heterocycles. The maximum Gasteiger partial charge on any atom is 0.202 e. The Bertz CT molecular complexity index is 904. The minimum absolute atomic E-state index is 0.0140. The lowest BCUT2D eigenvalue weighted by Crippen LogP contribution is -2.02. The fourth-order valence-electron chi connectivity index (χ4n) is 3.36. The monoisotopic (exact) mass is 352 g/mol. The van der Waals surface area contributed by atoms with E-state index in [1.54, 1.807) is 0 Å². The highest BCUT2D eigenvalue weighted by molar-refractivity contribution is 8.08. The van der Waals surface area contributed by atoms with E-state index in [2.05, 4.69) is 12.1 Å². The van der Waals surface area contributed by atoms with E-state index < -0.39 is 0 Å². The highest BCUT2D eigenvalue weighted by Crippen LogP contribution is 2.51. The fourth-order valence-corrected chi connectivity index (χ4v) is 5.75. The number of aryl methyl sites for hydroxylation is 4. The molecular formula is C20H16O2S2. The van der Waals surface area contributed by atoms with Crippen LogP contribution in [0.1, 0.15) is 43.0 Å². The first-order chi connectivity index (χ1) is 11.4. The number of allylic oxidation sites excluding steroid dienone is 2. The standard InChI is InChI=1S/C20H16O2S2/c1-9-5-11(3)17-13(7-9)15(21)19(23-17)20-16(22)14-8-10(2)6-12(4)18(14)24-20/h5-8H,1-4H3. The van der Waals surface area contributed by atoms with Gasteiger partial charge in [0.15, 0.2) is 0 Å². The first-order valence-corrected chi connectivity index (χ1v) is 9.42. The fraction of sp³-hybridized carbons (Fsp3) is 0.200. The first kappa shape index (κ1) is 15.7. The maximum absolute atomic E-state index is 12.9. The highest BCUT2D eigenvalue weighted by atomic mass is 32.2. The van der Waals surface area contributed by atoms with Gasteiger partial charge in [0, 0.05) is 20.9 Å². The number of hydrogen-bond donors (Lipinski definition) is 0. The number of carbonyl (C=O) groups excluding carboxylic acids is 2. The van der Waals surface area contributed by atoms with Gasteiger partial charge in [-0.15, -0.1) is 0 Å². The van der Waals surface area contributed by atoms with Crippen molar-refractivity contribution in [2.24, 2.45) is 0 Å².